The van der Waals surface area contributed by atoms with Gasteiger partial charge < -0.3 is 24.2 Å². The fraction of sp³-hybridized carbons (Fsp3) is 0.393. The molecule has 1 spiro atoms. The van der Waals surface area contributed by atoms with Crippen LogP contribution >= 0.6 is 0 Å². The van der Waals surface area contributed by atoms with Crippen LogP contribution in [0.5, 0.6) is 5.75 Å². The van der Waals surface area contributed by atoms with Crippen molar-refractivity contribution in [3.8, 4) is 16.9 Å². The zero-order valence-corrected chi connectivity index (χ0v) is 20.9. The molecular weight excluding hydrogens is 458 g/mol. The molecule has 2 amide bonds. The number of carbonyl (C=O) groups is 2. The van der Waals surface area contributed by atoms with Gasteiger partial charge >= 0.3 is 6.09 Å². The molecule has 0 radical (unpaired) electrons. The number of piperidine rings is 1. The first-order valence-electron chi connectivity index (χ1n) is 12.3. The summed E-state index contributed by atoms with van der Waals surface area (Å²) in [5, 5.41) is 6.36. The van der Waals surface area contributed by atoms with Crippen LogP contribution in [0.15, 0.2) is 59.3 Å². The van der Waals surface area contributed by atoms with Crippen LogP contribution in [-0.2, 0) is 11.2 Å². The van der Waals surface area contributed by atoms with Gasteiger partial charge in [0, 0.05) is 44.1 Å². The molecule has 3 aromatic rings. The van der Waals surface area contributed by atoms with Crippen molar-refractivity contribution >= 4 is 17.7 Å². The highest BCUT2D eigenvalue weighted by Crippen LogP contribution is 2.42. The van der Waals surface area contributed by atoms with Gasteiger partial charge in [0.25, 0.3) is 5.91 Å². The molecule has 36 heavy (non-hydrogen) atoms. The minimum Gasteiger partial charge on any atom is -0.487 e. The van der Waals surface area contributed by atoms with E-state index >= 15 is 0 Å². The summed E-state index contributed by atoms with van der Waals surface area (Å²) in [7, 11) is 0. The van der Waals surface area contributed by atoms with E-state index < -0.39 is 0 Å². The van der Waals surface area contributed by atoms with E-state index in [1.165, 1.54) is 17.8 Å². The summed E-state index contributed by atoms with van der Waals surface area (Å²) in [5.74, 6) is 0.742. The number of nitrogens with zero attached hydrogens (tertiary/aromatic N) is 2. The highest BCUT2D eigenvalue weighted by Gasteiger charge is 2.43. The minimum absolute atomic E-state index is 0.0491. The van der Waals surface area contributed by atoms with E-state index in [-0.39, 0.29) is 28.8 Å². The van der Waals surface area contributed by atoms with Gasteiger partial charge in [0.2, 0.25) is 5.76 Å². The van der Waals surface area contributed by atoms with Crippen molar-refractivity contribution in [1.29, 1.82) is 0 Å². The van der Waals surface area contributed by atoms with Crippen LogP contribution in [0.25, 0.3) is 11.1 Å². The van der Waals surface area contributed by atoms with Crippen molar-refractivity contribution in [2.24, 2.45) is 5.41 Å². The first kappa shape index (κ1) is 23.9. The number of hydrogen-bond acceptors (Lipinski definition) is 6. The molecule has 8 heteroatoms. The lowest BCUT2D eigenvalue weighted by Crippen LogP contribution is -2.49. The van der Waals surface area contributed by atoms with Gasteiger partial charge in [-0.2, -0.15) is 0 Å². The Morgan fingerprint density at radius 1 is 1.06 bits per heavy atom. The average molecular weight is 490 g/mol. The zero-order valence-electron chi connectivity index (χ0n) is 20.9. The lowest BCUT2D eigenvalue weighted by Gasteiger charge is -2.38. The molecule has 3 heterocycles. The summed E-state index contributed by atoms with van der Waals surface area (Å²) in [6.45, 7) is 7.82. The lowest BCUT2D eigenvalue weighted by atomic mass is 9.86. The Labute approximate surface area is 210 Å². The molecule has 188 valence electrons. The van der Waals surface area contributed by atoms with Crippen molar-refractivity contribution in [1.82, 2.24) is 10.1 Å². The SMILES string of the molecule is CC(C)(C)COC(=O)N1CCC2(CC1)Cc1cc(-c3ccc(NC(=O)c4ccno4)cc3)ccc1O2. The number of fused-ring (bicyclic) bond motifs is 1. The van der Waals surface area contributed by atoms with E-state index in [9.17, 15) is 9.59 Å². The van der Waals surface area contributed by atoms with Crippen molar-refractivity contribution in [3.05, 3.63) is 66.1 Å². The number of anilines is 1. The van der Waals surface area contributed by atoms with Crippen molar-refractivity contribution in [2.75, 3.05) is 25.0 Å². The average Bonchev–Trinajstić information content (AvgIpc) is 3.51. The molecule has 0 saturated carbocycles. The summed E-state index contributed by atoms with van der Waals surface area (Å²) >= 11 is 0. The van der Waals surface area contributed by atoms with E-state index in [4.69, 9.17) is 14.0 Å². The highest BCUT2D eigenvalue weighted by atomic mass is 16.6. The summed E-state index contributed by atoms with van der Waals surface area (Å²) in [6.07, 6.45) is 3.58. The molecule has 2 aromatic carbocycles. The summed E-state index contributed by atoms with van der Waals surface area (Å²) < 4.78 is 16.8. The molecule has 0 atom stereocenters. The molecule has 1 saturated heterocycles. The summed E-state index contributed by atoms with van der Waals surface area (Å²) in [6, 6.07) is 15.5. The second kappa shape index (κ2) is 9.33. The van der Waals surface area contributed by atoms with Crippen LogP contribution in [-0.4, -0.2) is 47.4 Å². The van der Waals surface area contributed by atoms with E-state index in [2.05, 4.69) is 43.4 Å². The van der Waals surface area contributed by atoms with E-state index in [1.54, 1.807) is 4.90 Å². The van der Waals surface area contributed by atoms with E-state index in [1.807, 2.05) is 30.3 Å². The quantitative estimate of drug-likeness (QED) is 0.517. The first-order chi connectivity index (χ1) is 17.2. The van der Waals surface area contributed by atoms with Gasteiger partial charge in [-0.15, -0.1) is 0 Å². The number of carbonyl (C=O) groups excluding carboxylic acids is 2. The second-order valence-electron chi connectivity index (χ2n) is 10.8. The number of nitrogens with one attached hydrogen (secondary N) is 1. The first-order valence-corrected chi connectivity index (χ1v) is 12.3. The molecule has 8 nitrogen and oxygen atoms in total. The van der Waals surface area contributed by atoms with Crippen LogP contribution in [0, 0.1) is 5.41 Å². The molecule has 0 aliphatic carbocycles. The minimum atomic E-state index is -0.339. The fourth-order valence-corrected chi connectivity index (χ4v) is 4.63. The third kappa shape index (κ3) is 5.22. The number of benzene rings is 2. The topological polar surface area (TPSA) is 93.9 Å². The Morgan fingerprint density at radius 2 is 1.78 bits per heavy atom. The summed E-state index contributed by atoms with van der Waals surface area (Å²) in [4.78, 5) is 26.4. The van der Waals surface area contributed by atoms with Gasteiger partial charge in [-0.05, 0) is 46.4 Å². The standard InChI is InChI=1S/C28H31N3O5/c1-27(2,3)18-34-26(33)31-14-11-28(12-15-31)17-21-16-20(6-9-23(21)35-28)19-4-7-22(8-5-19)30-25(32)24-10-13-29-36-24/h4-10,13,16H,11-12,14-15,17-18H2,1-3H3,(H,30,32). The van der Waals surface area contributed by atoms with Crippen molar-refractivity contribution < 1.29 is 23.6 Å². The Balaban J connectivity index is 1.20. The molecule has 1 fully saturated rings. The lowest BCUT2D eigenvalue weighted by molar-refractivity contribution is 0.00956. The van der Waals surface area contributed by atoms with Crippen LogP contribution in [0.2, 0.25) is 0 Å². The van der Waals surface area contributed by atoms with Crippen LogP contribution in [0.1, 0.15) is 49.7 Å². The predicted octanol–water partition coefficient (Wildman–Crippen LogP) is 5.55. The molecule has 0 unspecified atom stereocenters. The molecular formula is C28H31N3O5. The number of amides is 2. The smallest absolute Gasteiger partial charge is 0.409 e. The Kier molecular flexibility index (Phi) is 6.20. The Morgan fingerprint density at radius 3 is 2.44 bits per heavy atom. The zero-order chi connectivity index (χ0) is 25.3. The number of rotatable bonds is 4. The monoisotopic (exact) mass is 489 g/mol. The van der Waals surface area contributed by atoms with Gasteiger partial charge in [-0.1, -0.05) is 44.1 Å². The second-order valence-corrected chi connectivity index (χ2v) is 10.8. The maximum atomic E-state index is 12.4. The molecule has 1 aromatic heterocycles. The van der Waals surface area contributed by atoms with Crippen LogP contribution in [0.4, 0.5) is 10.5 Å². The third-order valence-corrected chi connectivity index (χ3v) is 6.60. The molecule has 2 aliphatic rings. The van der Waals surface area contributed by atoms with E-state index in [0.29, 0.717) is 25.4 Å². The Hall–Kier alpha value is -3.81. The van der Waals surface area contributed by atoms with Gasteiger partial charge in [0.15, 0.2) is 0 Å². The normalized spacial score (nSPS) is 16.4. The summed E-state index contributed by atoms with van der Waals surface area (Å²) in [5.41, 5.74) is 3.68. The maximum Gasteiger partial charge on any atom is 0.409 e. The van der Waals surface area contributed by atoms with Crippen molar-refractivity contribution in [2.45, 2.75) is 45.6 Å². The van der Waals surface area contributed by atoms with Gasteiger partial charge in [0.05, 0.1) is 12.8 Å². The van der Waals surface area contributed by atoms with Gasteiger partial charge in [-0.3, -0.25) is 4.79 Å². The predicted molar refractivity (Wildman–Crippen MR) is 135 cm³/mol. The maximum absolute atomic E-state index is 12.4. The number of aromatic nitrogens is 1. The molecule has 0 bridgehead atoms. The number of likely N-dealkylation sites (tertiary alicyclic amines) is 1. The van der Waals surface area contributed by atoms with Crippen LogP contribution < -0.4 is 10.1 Å². The van der Waals surface area contributed by atoms with Crippen LogP contribution in [0.3, 0.4) is 0 Å². The number of hydrogen-bond donors (Lipinski definition) is 1. The largest absolute Gasteiger partial charge is 0.487 e. The highest BCUT2D eigenvalue weighted by molar-refractivity contribution is 6.02. The molecule has 5 rings (SSSR count). The van der Waals surface area contributed by atoms with E-state index in [0.717, 1.165) is 36.1 Å². The molecule has 1 N–H and O–H groups in total. The third-order valence-electron chi connectivity index (χ3n) is 6.60. The number of ether oxygens (including phenoxy) is 2. The van der Waals surface area contributed by atoms with Crippen molar-refractivity contribution in [3.63, 3.8) is 0 Å². The molecule has 2 aliphatic heterocycles. The Bertz CT molecular complexity index is 1240. The van der Waals surface area contributed by atoms with Gasteiger partial charge in [-0.25, -0.2) is 4.79 Å². The fourth-order valence-electron chi connectivity index (χ4n) is 4.63. The van der Waals surface area contributed by atoms with Gasteiger partial charge in [0.1, 0.15) is 11.4 Å².